The third kappa shape index (κ3) is 2.80. The van der Waals surface area contributed by atoms with Gasteiger partial charge in [0.1, 0.15) is 6.67 Å². The highest BCUT2D eigenvalue weighted by atomic mass is 15.3. The molecule has 0 saturated heterocycles. The summed E-state index contributed by atoms with van der Waals surface area (Å²) in [6.07, 6.45) is 9.22. The molecule has 11 heavy (non-hydrogen) atoms. The molecule has 0 fully saturated rings. The summed E-state index contributed by atoms with van der Waals surface area (Å²) >= 11 is 0. The Balaban J connectivity index is 2.34. The molecule has 0 aromatic carbocycles. The van der Waals surface area contributed by atoms with Crippen LogP contribution >= 0.6 is 0 Å². The zero-order valence-electron chi connectivity index (χ0n) is 6.51. The number of hydrogen-bond donors (Lipinski definition) is 0. The Kier molecular flexibility index (Phi) is 3.12. The molecule has 0 bridgehead atoms. The van der Waals surface area contributed by atoms with Crippen LogP contribution in [0.15, 0.2) is 35.6 Å². The molecule has 0 aliphatic heterocycles. The van der Waals surface area contributed by atoms with Crippen molar-refractivity contribution in [3.63, 3.8) is 0 Å². The quantitative estimate of drug-likeness (QED) is 0.599. The summed E-state index contributed by atoms with van der Waals surface area (Å²) in [7, 11) is 0. The molecule has 58 valence electrons. The molecule has 1 aromatic rings. The van der Waals surface area contributed by atoms with E-state index in [4.69, 9.17) is 0 Å². The Labute approximate surface area is 66.1 Å². The highest BCUT2D eigenvalue weighted by Crippen LogP contribution is 1.83. The molecule has 0 N–H and O–H groups in total. The van der Waals surface area contributed by atoms with Crippen molar-refractivity contribution in [3.05, 3.63) is 30.6 Å². The van der Waals surface area contributed by atoms with Gasteiger partial charge in [0.15, 0.2) is 0 Å². The monoisotopic (exact) mass is 149 g/mol. The molecule has 3 nitrogen and oxygen atoms in total. The van der Waals surface area contributed by atoms with Gasteiger partial charge in [0, 0.05) is 18.6 Å². The molecule has 0 unspecified atom stereocenters. The molecule has 0 spiro atoms. The maximum Gasteiger partial charge on any atom is 0.131 e. The first kappa shape index (κ1) is 7.72. The van der Waals surface area contributed by atoms with Gasteiger partial charge in [0.25, 0.3) is 0 Å². The molecule has 1 heterocycles. The zero-order valence-corrected chi connectivity index (χ0v) is 6.51. The molecular formula is C8H11N3. The minimum Gasteiger partial charge on any atom is -0.270 e. The van der Waals surface area contributed by atoms with E-state index in [9.17, 15) is 0 Å². The smallest absolute Gasteiger partial charge is 0.131 e. The highest BCUT2D eigenvalue weighted by molar-refractivity contribution is 5.70. The van der Waals surface area contributed by atoms with Crippen molar-refractivity contribution in [2.24, 2.45) is 4.99 Å². The van der Waals surface area contributed by atoms with Crippen molar-refractivity contribution in [2.75, 3.05) is 0 Å². The van der Waals surface area contributed by atoms with Crippen LogP contribution in [0.5, 0.6) is 0 Å². The van der Waals surface area contributed by atoms with E-state index in [-0.39, 0.29) is 0 Å². The normalized spacial score (nSPS) is 11.7. The lowest BCUT2D eigenvalue weighted by Gasteiger charge is -1.91. The van der Waals surface area contributed by atoms with Crippen LogP contribution in [0.4, 0.5) is 0 Å². The van der Waals surface area contributed by atoms with Gasteiger partial charge in [-0.25, -0.2) is 0 Å². The van der Waals surface area contributed by atoms with Gasteiger partial charge in [-0.2, -0.15) is 5.10 Å². The highest BCUT2D eigenvalue weighted by Gasteiger charge is 1.81. The molecule has 1 rings (SSSR count). The Morgan fingerprint density at radius 3 is 3.18 bits per heavy atom. The number of allylic oxidation sites excluding steroid dienone is 2. The van der Waals surface area contributed by atoms with E-state index in [1.807, 2.05) is 31.3 Å². The maximum atomic E-state index is 4.09. The third-order valence-electron chi connectivity index (χ3n) is 1.17. The van der Waals surface area contributed by atoms with Crippen LogP contribution in [0.1, 0.15) is 6.92 Å². The van der Waals surface area contributed by atoms with Gasteiger partial charge in [-0.15, -0.1) is 0 Å². The number of rotatable bonds is 3. The van der Waals surface area contributed by atoms with E-state index in [1.165, 1.54) is 0 Å². The van der Waals surface area contributed by atoms with Crippen LogP contribution in [-0.4, -0.2) is 16.0 Å². The first-order valence-corrected chi connectivity index (χ1v) is 3.52. The first-order chi connectivity index (χ1) is 5.43. The molecule has 0 aliphatic rings. The van der Waals surface area contributed by atoms with Crippen molar-refractivity contribution in [1.82, 2.24) is 9.78 Å². The molecular weight excluding hydrogens is 138 g/mol. The summed E-state index contributed by atoms with van der Waals surface area (Å²) in [6.45, 7) is 2.55. The summed E-state index contributed by atoms with van der Waals surface area (Å²) in [4.78, 5) is 4.09. The fraction of sp³-hybridized carbons (Fsp3) is 0.250. The molecule has 0 aliphatic carbocycles. The minimum absolute atomic E-state index is 0.595. The van der Waals surface area contributed by atoms with Crippen LogP contribution in [0.3, 0.4) is 0 Å². The second kappa shape index (κ2) is 4.44. The Morgan fingerprint density at radius 2 is 2.55 bits per heavy atom. The molecule has 3 heteroatoms. The molecule has 0 amide bonds. The van der Waals surface area contributed by atoms with Gasteiger partial charge in [0.2, 0.25) is 0 Å². The van der Waals surface area contributed by atoms with E-state index in [1.54, 1.807) is 17.1 Å². The van der Waals surface area contributed by atoms with Crippen molar-refractivity contribution >= 4 is 6.21 Å². The van der Waals surface area contributed by atoms with Crippen molar-refractivity contribution < 1.29 is 0 Å². The van der Waals surface area contributed by atoms with E-state index in [0.29, 0.717) is 6.67 Å². The second-order valence-corrected chi connectivity index (χ2v) is 2.04. The van der Waals surface area contributed by atoms with Crippen LogP contribution in [0, 0.1) is 0 Å². The number of aromatic nitrogens is 2. The second-order valence-electron chi connectivity index (χ2n) is 2.04. The minimum atomic E-state index is 0.595. The third-order valence-corrected chi connectivity index (χ3v) is 1.17. The summed E-state index contributed by atoms with van der Waals surface area (Å²) in [6, 6.07) is 1.88. The number of nitrogens with zero attached hydrogens (tertiary/aromatic N) is 3. The van der Waals surface area contributed by atoms with Crippen molar-refractivity contribution in [1.29, 1.82) is 0 Å². The maximum absolute atomic E-state index is 4.09. The van der Waals surface area contributed by atoms with Crippen molar-refractivity contribution in [2.45, 2.75) is 13.6 Å². The van der Waals surface area contributed by atoms with E-state index in [2.05, 4.69) is 10.1 Å². The SMILES string of the molecule is C/C=C\C=NCn1cccn1. The van der Waals surface area contributed by atoms with Crippen LogP contribution in [0.25, 0.3) is 0 Å². The lowest BCUT2D eigenvalue weighted by molar-refractivity contribution is 0.642. The van der Waals surface area contributed by atoms with Gasteiger partial charge in [-0.3, -0.25) is 9.67 Å². The molecule has 0 saturated carbocycles. The van der Waals surface area contributed by atoms with Gasteiger partial charge < -0.3 is 0 Å². The van der Waals surface area contributed by atoms with Crippen LogP contribution < -0.4 is 0 Å². The van der Waals surface area contributed by atoms with Crippen molar-refractivity contribution in [3.8, 4) is 0 Å². The topological polar surface area (TPSA) is 30.2 Å². The zero-order chi connectivity index (χ0) is 7.94. The number of hydrogen-bond acceptors (Lipinski definition) is 2. The Morgan fingerprint density at radius 1 is 1.64 bits per heavy atom. The van der Waals surface area contributed by atoms with E-state index < -0.39 is 0 Å². The van der Waals surface area contributed by atoms with E-state index >= 15 is 0 Å². The predicted octanol–water partition coefficient (Wildman–Crippen LogP) is 1.49. The largest absolute Gasteiger partial charge is 0.270 e. The van der Waals surface area contributed by atoms with Crippen LogP contribution in [-0.2, 0) is 6.67 Å². The van der Waals surface area contributed by atoms with E-state index in [0.717, 1.165) is 0 Å². The predicted molar refractivity (Wildman–Crippen MR) is 45.5 cm³/mol. The molecule has 1 aromatic heterocycles. The molecule has 0 atom stereocenters. The molecule has 0 radical (unpaired) electrons. The standard InChI is InChI=1S/C8H11N3/c1-2-3-5-9-8-11-7-4-6-10-11/h2-7H,8H2,1H3/b3-2-,9-5?. The fourth-order valence-corrected chi connectivity index (χ4v) is 0.662. The van der Waals surface area contributed by atoms with Gasteiger partial charge >= 0.3 is 0 Å². The van der Waals surface area contributed by atoms with Gasteiger partial charge in [-0.1, -0.05) is 6.08 Å². The lowest BCUT2D eigenvalue weighted by atomic mass is 10.6. The summed E-state index contributed by atoms with van der Waals surface area (Å²) in [5, 5.41) is 3.99. The summed E-state index contributed by atoms with van der Waals surface area (Å²) in [5.41, 5.74) is 0. The lowest BCUT2D eigenvalue weighted by Crippen LogP contribution is -1.94. The van der Waals surface area contributed by atoms with Gasteiger partial charge in [-0.05, 0) is 19.1 Å². The average molecular weight is 149 g/mol. The first-order valence-electron chi connectivity index (χ1n) is 3.52. The Bertz CT molecular complexity index is 234. The Hall–Kier alpha value is -1.38. The average Bonchev–Trinajstić information content (AvgIpc) is 2.50. The van der Waals surface area contributed by atoms with Crippen LogP contribution in [0.2, 0.25) is 0 Å². The van der Waals surface area contributed by atoms with Gasteiger partial charge in [0.05, 0.1) is 0 Å². The summed E-state index contributed by atoms with van der Waals surface area (Å²) in [5.74, 6) is 0. The summed E-state index contributed by atoms with van der Waals surface area (Å²) < 4.78 is 1.76. The fourth-order valence-electron chi connectivity index (χ4n) is 0.662. The number of aliphatic imine (C=N–C) groups is 1.